The van der Waals surface area contributed by atoms with E-state index in [2.05, 4.69) is 9.80 Å². The summed E-state index contributed by atoms with van der Waals surface area (Å²) in [5, 5.41) is 0. The minimum absolute atomic E-state index is 0.151. The highest BCUT2D eigenvalue weighted by Gasteiger charge is 2.44. The van der Waals surface area contributed by atoms with Crippen molar-refractivity contribution >= 4 is 34.6 Å². The van der Waals surface area contributed by atoms with Gasteiger partial charge in [0.1, 0.15) is 0 Å². The number of imide groups is 1. The number of hydrogen-bond donors (Lipinski definition) is 0. The quantitative estimate of drug-likeness (QED) is 0.350. The van der Waals surface area contributed by atoms with Crippen LogP contribution < -0.4 is 21.0 Å². The fourth-order valence-electron chi connectivity index (χ4n) is 5.79. The van der Waals surface area contributed by atoms with Crippen molar-refractivity contribution in [3.63, 3.8) is 0 Å². The number of benzene rings is 2. The Morgan fingerprint density at radius 2 is 1.52 bits per heavy atom. The van der Waals surface area contributed by atoms with E-state index in [0.717, 1.165) is 15.7 Å². The summed E-state index contributed by atoms with van der Waals surface area (Å²) in [5.74, 6) is 0.225. The molecule has 40 heavy (non-hydrogen) atoms. The Bertz CT molecular complexity index is 1750. The second-order valence-electron chi connectivity index (χ2n) is 10.5. The van der Waals surface area contributed by atoms with Crippen molar-refractivity contribution < 1.29 is 9.59 Å². The molecule has 206 valence electrons. The maximum absolute atomic E-state index is 13.4. The van der Waals surface area contributed by atoms with E-state index in [1.165, 1.54) is 16.5 Å². The summed E-state index contributed by atoms with van der Waals surface area (Å²) in [6.45, 7) is 4.52. The summed E-state index contributed by atoms with van der Waals surface area (Å²) in [7, 11) is 3.09. The van der Waals surface area contributed by atoms with Gasteiger partial charge in [-0.15, -0.1) is 0 Å². The molecular weight excluding hydrogens is 510 g/mol. The molecule has 2 fully saturated rings. The molecule has 2 aromatic heterocycles. The van der Waals surface area contributed by atoms with Crippen molar-refractivity contribution in [2.75, 3.05) is 36.0 Å². The molecule has 6 rings (SSSR count). The summed E-state index contributed by atoms with van der Waals surface area (Å²) in [6.07, 6.45) is 0.151. The molecule has 11 nitrogen and oxygen atoms in total. The monoisotopic (exact) mass is 541 g/mol. The highest BCUT2D eigenvalue weighted by Crippen LogP contribution is 2.29. The number of para-hydroxylation sites is 1. The van der Waals surface area contributed by atoms with Gasteiger partial charge >= 0.3 is 5.69 Å². The lowest BCUT2D eigenvalue weighted by atomic mass is 10.1. The molecule has 11 heteroatoms. The maximum Gasteiger partial charge on any atom is 0.332 e. The normalized spacial score (nSPS) is 18.3. The van der Waals surface area contributed by atoms with E-state index in [0.29, 0.717) is 55.5 Å². The van der Waals surface area contributed by atoms with Crippen LogP contribution in [-0.2, 0) is 30.2 Å². The first kappa shape index (κ1) is 25.8. The SMILES string of the molecule is Cc1ccccc1N1C(=O)CC(N2CCN(c3nc4c(c(=O)n(C)c(=O)n4C)n3Cc3ccccc3)CC2)C1=O. The molecule has 1 atom stereocenters. The van der Waals surface area contributed by atoms with Crippen molar-refractivity contribution in [1.29, 1.82) is 0 Å². The number of aromatic nitrogens is 4. The minimum Gasteiger partial charge on any atom is -0.340 e. The second-order valence-corrected chi connectivity index (χ2v) is 10.5. The van der Waals surface area contributed by atoms with Crippen molar-refractivity contribution in [2.45, 2.75) is 25.9 Å². The molecule has 1 unspecified atom stereocenters. The van der Waals surface area contributed by atoms with E-state index in [-0.39, 0.29) is 18.2 Å². The van der Waals surface area contributed by atoms with Gasteiger partial charge < -0.3 is 4.90 Å². The van der Waals surface area contributed by atoms with Gasteiger partial charge in [0.2, 0.25) is 11.9 Å². The number of carbonyl (C=O) groups excluding carboxylic acids is 2. The summed E-state index contributed by atoms with van der Waals surface area (Å²) in [5.41, 5.74) is 2.42. The van der Waals surface area contributed by atoms with Crippen molar-refractivity contribution in [2.24, 2.45) is 14.1 Å². The molecule has 2 aliphatic rings. The maximum atomic E-state index is 13.4. The van der Waals surface area contributed by atoms with E-state index >= 15 is 0 Å². The Labute approximate surface area is 230 Å². The van der Waals surface area contributed by atoms with E-state index in [1.807, 2.05) is 60.0 Å². The molecule has 0 N–H and O–H groups in total. The number of carbonyl (C=O) groups is 2. The Morgan fingerprint density at radius 3 is 2.23 bits per heavy atom. The van der Waals surface area contributed by atoms with Crippen LogP contribution in [0.4, 0.5) is 11.6 Å². The van der Waals surface area contributed by atoms with Crippen LogP contribution in [0.5, 0.6) is 0 Å². The number of piperazine rings is 1. The van der Waals surface area contributed by atoms with Gasteiger partial charge in [-0.25, -0.2) is 9.69 Å². The van der Waals surface area contributed by atoms with Gasteiger partial charge in [-0.2, -0.15) is 4.98 Å². The number of imidazole rings is 1. The Balaban J connectivity index is 1.29. The second kappa shape index (κ2) is 9.91. The zero-order valence-electron chi connectivity index (χ0n) is 22.8. The van der Waals surface area contributed by atoms with Gasteiger partial charge in [0.25, 0.3) is 11.5 Å². The minimum atomic E-state index is -0.509. The van der Waals surface area contributed by atoms with E-state index in [4.69, 9.17) is 4.98 Å². The zero-order valence-corrected chi connectivity index (χ0v) is 22.8. The Kier molecular flexibility index (Phi) is 6.38. The molecule has 4 aromatic rings. The van der Waals surface area contributed by atoms with Crippen LogP contribution in [0.25, 0.3) is 11.2 Å². The highest BCUT2D eigenvalue weighted by atomic mass is 16.2. The third-order valence-corrected chi connectivity index (χ3v) is 8.03. The van der Waals surface area contributed by atoms with Crippen molar-refractivity contribution in [3.05, 3.63) is 86.6 Å². The number of amides is 2. The smallest absolute Gasteiger partial charge is 0.332 e. The topological polar surface area (TPSA) is 106 Å². The Hall–Kier alpha value is -4.51. The summed E-state index contributed by atoms with van der Waals surface area (Å²) >= 11 is 0. The number of hydrogen-bond acceptors (Lipinski definition) is 7. The van der Waals surface area contributed by atoms with E-state index in [1.54, 1.807) is 13.1 Å². The third kappa shape index (κ3) is 4.13. The molecule has 0 radical (unpaired) electrons. The van der Waals surface area contributed by atoms with Crippen LogP contribution in [0.15, 0.2) is 64.2 Å². The van der Waals surface area contributed by atoms with Crippen LogP contribution in [0, 0.1) is 6.92 Å². The van der Waals surface area contributed by atoms with E-state index in [9.17, 15) is 19.2 Å². The van der Waals surface area contributed by atoms with Gasteiger partial charge in [0, 0.05) is 40.3 Å². The fourth-order valence-corrected chi connectivity index (χ4v) is 5.79. The fraction of sp³-hybridized carbons (Fsp3) is 0.345. The lowest BCUT2D eigenvalue weighted by molar-refractivity contribution is -0.123. The summed E-state index contributed by atoms with van der Waals surface area (Å²) < 4.78 is 4.39. The number of fused-ring (bicyclic) bond motifs is 1. The molecule has 4 heterocycles. The average molecular weight is 542 g/mol. The molecular formula is C29H31N7O4. The summed E-state index contributed by atoms with van der Waals surface area (Å²) in [6, 6.07) is 16.7. The van der Waals surface area contributed by atoms with Gasteiger partial charge in [0.15, 0.2) is 11.2 Å². The Morgan fingerprint density at radius 1 is 0.850 bits per heavy atom. The lowest BCUT2D eigenvalue weighted by Crippen LogP contribution is -2.53. The number of anilines is 2. The highest BCUT2D eigenvalue weighted by molar-refractivity contribution is 6.22. The van der Waals surface area contributed by atoms with Crippen LogP contribution in [0.2, 0.25) is 0 Å². The largest absolute Gasteiger partial charge is 0.340 e. The lowest BCUT2D eigenvalue weighted by Gasteiger charge is -2.37. The molecule has 2 amide bonds. The van der Waals surface area contributed by atoms with Crippen LogP contribution in [0.3, 0.4) is 0 Å². The first-order valence-corrected chi connectivity index (χ1v) is 13.4. The molecule has 2 aliphatic heterocycles. The molecule has 2 aromatic carbocycles. The van der Waals surface area contributed by atoms with Gasteiger partial charge in [0.05, 0.1) is 24.7 Å². The standard InChI is InChI=1S/C29H31N7O4/c1-19-9-7-8-12-21(19)36-23(37)17-22(26(36)38)33-13-15-34(16-14-33)28-30-25-24(27(39)32(3)29(40)31(25)2)35(28)18-20-10-5-4-6-11-20/h4-12,22H,13-18H2,1-3H3. The molecule has 0 spiro atoms. The van der Waals surface area contributed by atoms with Crippen LogP contribution in [0.1, 0.15) is 17.5 Å². The van der Waals surface area contributed by atoms with Crippen molar-refractivity contribution in [1.82, 2.24) is 23.6 Å². The van der Waals surface area contributed by atoms with Gasteiger partial charge in [-0.3, -0.25) is 33.0 Å². The number of rotatable bonds is 5. The number of nitrogens with zero attached hydrogens (tertiary/aromatic N) is 7. The van der Waals surface area contributed by atoms with Crippen molar-refractivity contribution in [3.8, 4) is 0 Å². The molecule has 0 saturated carbocycles. The molecule has 0 bridgehead atoms. The average Bonchev–Trinajstić information content (AvgIpc) is 3.48. The zero-order chi connectivity index (χ0) is 28.1. The van der Waals surface area contributed by atoms with E-state index < -0.39 is 17.3 Å². The third-order valence-electron chi connectivity index (χ3n) is 8.03. The predicted molar refractivity (Wildman–Crippen MR) is 152 cm³/mol. The van der Waals surface area contributed by atoms with Crippen LogP contribution >= 0.6 is 0 Å². The molecule has 2 saturated heterocycles. The first-order valence-electron chi connectivity index (χ1n) is 13.4. The van der Waals surface area contributed by atoms with Gasteiger partial charge in [-0.05, 0) is 24.1 Å². The molecule has 0 aliphatic carbocycles. The number of aryl methyl sites for hydroxylation is 2. The predicted octanol–water partition coefficient (Wildman–Crippen LogP) is 1.24. The van der Waals surface area contributed by atoms with Crippen LogP contribution in [-0.4, -0.2) is 67.6 Å². The summed E-state index contributed by atoms with van der Waals surface area (Å²) in [4.78, 5) is 62.5. The van der Waals surface area contributed by atoms with Gasteiger partial charge in [-0.1, -0.05) is 48.5 Å². The first-order chi connectivity index (χ1) is 19.3.